The summed E-state index contributed by atoms with van der Waals surface area (Å²) < 4.78 is 6.17. The van der Waals surface area contributed by atoms with Gasteiger partial charge in [0.2, 0.25) is 0 Å². The molecule has 19 heavy (non-hydrogen) atoms. The first-order chi connectivity index (χ1) is 8.72. The molecule has 0 amide bonds. The SMILES string of the molecule is C[C@]1(O)[C@H](n2ccc(N)nc2=O)O[C@](Cl)(CO)[C@H]1O. The molecule has 2 heterocycles. The normalized spacial score (nSPS) is 38.6. The van der Waals surface area contributed by atoms with Crippen LogP contribution in [-0.2, 0) is 4.74 Å². The van der Waals surface area contributed by atoms with Gasteiger partial charge in [0.25, 0.3) is 0 Å². The second-order valence-electron chi connectivity index (χ2n) is 4.59. The molecule has 0 saturated carbocycles. The predicted molar refractivity (Wildman–Crippen MR) is 65.3 cm³/mol. The van der Waals surface area contributed by atoms with Crippen LogP contribution in [0.15, 0.2) is 17.1 Å². The van der Waals surface area contributed by atoms with Crippen LogP contribution in [0.2, 0.25) is 0 Å². The van der Waals surface area contributed by atoms with Gasteiger partial charge in [-0.25, -0.2) is 4.79 Å². The summed E-state index contributed by atoms with van der Waals surface area (Å²) in [5.41, 5.74) is 2.71. The first-order valence-electron chi connectivity index (χ1n) is 5.45. The van der Waals surface area contributed by atoms with Gasteiger partial charge in [-0.15, -0.1) is 0 Å². The number of hydrogen-bond donors (Lipinski definition) is 4. The van der Waals surface area contributed by atoms with Gasteiger partial charge in [0.1, 0.15) is 17.5 Å². The molecule has 2 rings (SSSR count). The van der Waals surface area contributed by atoms with E-state index in [1.807, 2.05) is 0 Å². The number of aromatic nitrogens is 2. The average molecular weight is 292 g/mol. The molecule has 106 valence electrons. The van der Waals surface area contributed by atoms with Crippen molar-refractivity contribution in [2.75, 3.05) is 12.3 Å². The molecule has 1 aromatic rings. The molecule has 1 aromatic heterocycles. The molecule has 0 radical (unpaired) electrons. The van der Waals surface area contributed by atoms with Gasteiger partial charge in [-0.1, -0.05) is 11.6 Å². The number of nitrogen functional groups attached to an aromatic ring is 1. The van der Waals surface area contributed by atoms with Crippen molar-refractivity contribution < 1.29 is 20.1 Å². The molecule has 0 bridgehead atoms. The first-order valence-corrected chi connectivity index (χ1v) is 5.83. The van der Waals surface area contributed by atoms with E-state index < -0.39 is 35.3 Å². The Morgan fingerprint density at radius 3 is 2.79 bits per heavy atom. The van der Waals surface area contributed by atoms with Gasteiger partial charge in [0.15, 0.2) is 11.3 Å². The summed E-state index contributed by atoms with van der Waals surface area (Å²) >= 11 is 5.88. The van der Waals surface area contributed by atoms with Crippen molar-refractivity contribution in [2.24, 2.45) is 0 Å². The molecule has 1 aliphatic rings. The number of nitrogens with zero attached hydrogens (tertiary/aromatic N) is 2. The zero-order valence-electron chi connectivity index (χ0n) is 10.0. The number of anilines is 1. The van der Waals surface area contributed by atoms with Crippen molar-refractivity contribution in [3.05, 3.63) is 22.7 Å². The van der Waals surface area contributed by atoms with Gasteiger partial charge < -0.3 is 25.8 Å². The molecule has 0 aromatic carbocycles. The number of aliphatic hydroxyl groups is 3. The third-order valence-electron chi connectivity index (χ3n) is 3.09. The van der Waals surface area contributed by atoms with Crippen LogP contribution in [0.25, 0.3) is 0 Å². The fourth-order valence-corrected chi connectivity index (χ4v) is 2.31. The van der Waals surface area contributed by atoms with E-state index in [2.05, 4.69) is 4.98 Å². The molecule has 1 fully saturated rings. The van der Waals surface area contributed by atoms with E-state index in [1.165, 1.54) is 19.2 Å². The van der Waals surface area contributed by atoms with Crippen molar-refractivity contribution in [1.82, 2.24) is 9.55 Å². The lowest BCUT2D eigenvalue weighted by Gasteiger charge is -2.27. The highest BCUT2D eigenvalue weighted by molar-refractivity contribution is 6.23. The zero-order chi connectivity index (χ0) is 14.4. The van der Waals surface area contributed by atoms with Gasteiger partial charge in [-0.2, -0.15) is 4.98 Å². The molecular weight excluding hydrogens is 278 g/mol. The maximum absolute atomic E-state index is 11.7. The van der Waals surface area contributed by atoms with Crippen molar-refractivity contribution in [3.8, 4) is 0 Å². The molecule has 0 spiro atoms. The van der Waals surface area contributed by atoms with Crippen LogP contribution in [0.1, 0.15) is 13.2 Å². The van der Waals surface area contributed by atoms with Gasteiger partial charge in [-0.3, -0.25) is 4.57 Å². The first kappa shape index (κ1) is 14.2. The summed E-state index contributed by atoms with van der Waals surface area (Å²) in [5, 5.41) is 27.4. The number of hydrogen-bond acceptors (Lipinski definition) is 7. The van der Waals surface area contributed by atoms with Crippen LogP contribution < -0.4 is 11.4 Å². The summed E-state index contributed by atoms with van der Waals surface area (Å²) in [4.78, 5) is 15.2. The van der Waals surface area contributed by atoms with Crippen molar-refractivity contribution in [3.63, 3.8) is 0 Å². The molecule has 0 aliphatic carbocycles. The monoisotopic (exact) mass is 291 g/mol. The maximum Gasteiger partial charge on any atom is 0.351 e. The highest BCUT2D eigenvalue weighted by Gasteiger charge is 2.61. The third kappa shape index (κ3) is 2.11. The van der Waals surface area contributed by atoms with Crippen LogP contribution in [0.4, 0.5) is 5.82 Å². The van der Waals surface area contributed by atoms with Crippen LogP contribution >= 0.6 is 11.6 Å². The molecule has 1 aliphatic heterocycles. The predicted octanol–water partition coefficient (Wildman–Crippen LogP) is -1.61. The van der Waals surface area contributed by atoms with Crippen molar-refractivity contribution in [1.29, 1.82) is 0 Å². The van der Waals surface area contributed by atoms with E-state index in [1.54, 1.807) is 0 Å². The van der Waals surface area contributed by atoms with E-state index in [-0.39, 0.29) is 5.82 Å². The highest BCUT2D eigenvalue weighted by atomic mass is 35.5. The van der Waals surface area contributed by atoms with Crippen molar-refractivity contribution in [2.45, 2.75) is 29.9 Å². The summed E-state index contributed by atoms with van der Waals surface area (Å²) in [7, 11) is 0. The number of alkyl halides is 1. The third-order valence-corrected chi connectivity index (χ3v) is 3.50. The Balaban J connectivity index is 2.48. The zero-order valence-corrected chi connectivity index (χ0v) is 10.8. The van der Waals surface area contributed by atoms with E-state index >= 15 is 0 Å². The minimum Gasteiger partial charge on any atom is -0.392 e. The molecule has 8 nitrogen and oxygen atoms in total. The summed E-state index contributed by atoms with van der Waals surface area (Å²) in [6.45, 7) is 0.504. The number of nitrogens with two attached hydrogens (primary N) is 1. The Morgan fingerprint density at radius 1 is 1.68 bits per heavy atom. The lowest BCUT2D eigenvalue weighted by molar-refractivity contribution is -0.103. The largest absolute Gasteiger partial charge is 0.392 e. The Morgan fingerprint density at radius 2 is 2.32 bits per heavy atom. The topological polar surface area (TPSA) is 131 Å². The summed E-state index contributed by atoms with van der Waals surface area (Å²) in [5.74, 6) is 0.0127. The second kappa shape index (κ2) is 4.43. The quantitative estimate of drug-likeness (QED) is 0.482. The Kier molecular flexibility index (Phi) is 3.31. The standard InChI is InChI=1S/C10H14ClN3O5/c1-9(18)6(16)10(11,4-15)19-7(9)14-3-2-5(12)13-8(14)17/h2-3,6-7,15-16,18H,4H2,1H3,(H2,12,13,17)/t6-,7+,9+,10+/m0/s1. The highest BCUT2D eigenvalue weighted by Crippen LogP contribution is 2.45. The van der Waals surface area contributed by atoms with E-state index in [9.17, 15) is 15.0 Å². The van der Waals surface area contributed by atoms with E-state index in [4.69, 9.17) is 27.2 Å². The maximum atomic E-state index is 11.7. The lowest BCUT2D eigenvalue weighted by Crippen LogP contribution is -2.49. The van der Waals surface area contributed by atoms with E-state index in [0.29, 0.717) is 0 Å². The number of rotatable bonds is 2. The van der Waals surface area contributed by atoms with Crippen LogP contribution in [0.3, 0.4) is 0 Å². The molecule has 5 N–H and O–H groups in total. The van der Waals surface area contributed by atoms with Crippen molar-refractivity contribution >= 4 is 17.4 Å². The van der Waals surface area contributed by atoms with E-state index in [0.717, 1.165) is 4.57 Å². The van der Waals surface area contributed by atoms with Gasteiger partial charge in [0, 0.05) is 6.20 Å². The Labute approximate surface area is 113 Å². The number of aliphatic hydroxyl groups excluding tert-OH is 2. The van der Waals surface area contributed by atoms with Gasteiger partial charge in [0.05, 0.1) is 6.61 Å². The van der Waals surface area contributed by atoms with Crippen LogP contribution in [0, 0.1) is 0 Å². The van der Waals surface area contributed by atoms with Gasteiger partial charge >= 0.3 is 5.69 Å². The molecule has 0 unspecified atom stereocenters. The molecule has 9 heteroatoms. The fourth-order valence-electron chi connectivity index (χ4n) is 2.01. The second-order valence-corrected chi connectivity index (χ2v) is 5.22. The summed E-state index contributed by atoms with van der Waals surface area (Å²) in [6.07, 6.45) is -1.63. The molecular formula is C10H14ClN3O5. The minimum absolute atomic E-state index is 0.0127. The lowest BCUT2D eigenvalue weighted by atomic mass is 9.96. The summed E-state index contributed by atoms with van der Waals surface area (Å²) in [6, 6.07) is 1.33. The minimum atomic E-state index is -1.89. The number of ether oxygens (including phenoxy) is 1. The Hall–Kier alpha value is -1.19. The Bertz CT molecular complexity index is 548. The average Bonchev–Trinajstić information content (AvgIpc) is 2.51. The number of halogens is 1. The van der Waals surface area contributed by atoms with Crippen LogP contribution in [0.5, 0.6) is 0 Å². The van der Waals surface area contributed by atoms with Gasteiger partial charge in [-0.05, 0) is 13.0 Å². The smallest absolute Gasteiger partial charge is 0.351 e. The molecule has 1 saturated heterocycles. The van der Waals surface area contributed by atoms with Crippen LogP contribution in [-0.4, -0.2) is 48.2 Å². The molecule has 4 atom stereocenters. The fraction of sp³-hybridized carbons (Fsp3) is 0.600.